The summed E-state index contributed by atoms with van der Waals surface area (Å²) in [5.41, 5.74) is 10.6. The van der Waals surface area contributed by atoms with Crippen LogP contribution in [0.25, 0.3) is 44.8 Å². The molecule has 0 radical (unpaired) electrons. The molecule has 244 valence electrons. The number of piperidine rings is 2. The minimum Gasteiger partial charge on any atom is -0.411 e. The van der Waals surface area contributed by atoms with E-state index in [1.165, 1.54) is 11.1 Å². The van der Waals surface area contributed by atoms with Gasteiger partial charge in [0.25, 0.3) is 0 Å². The first-order valence-corrected chi connectivity index (χ1v) is 16.9. The van der Waals surface area contributed by atoms with Crippen LogP contribution < -0.4 is 10.6 Å². The summed E-state index contributed by atoms with van der Waals surface area (Å²) < 4.78 is 0. The van der Waals surface area contributed by atoms with Gasteiger partial charge in [-0.3, -0.25) is 0 Å². The summed E-state index contributed by atoms with van der Waals surface area (Å²) in [4.78, 5) is 2.06. The zero-order valence-electron chi connectivity index (χ0n) is 27.0. The first kappa shape index (κ1) is 31.4. The van der Waals surface area contributed by atoms with E-state index < -0.39 is 0 Å². The van der Waals surface area contributed by atoms with Crippen molar-refractivity contribution in [2.24, 2.45) is 0 Å². The molecule has 0 bridgehead atoms. The fourth-order valence-corrected chi connectivity index (χ4v) is 7.08. The van der Waals surface area contributed by atoms with Gasteiger partial charge in [-0.05, 0) is 98.1 Å². The van der Waals surface area contributed by atoms with Gasteiger partial charge in [-0.1, -0.05) is 97.1 Å². The van der Waals surface area contributed by atoms with Crippen molar-refractivity contribution in [2.45, 2.75) is 37.5 Å². The van der Waals surface area contributed by atoms with Crippen LogP contribution in [0, 0.1) is 0 Å². The van der Waals surface area contributed by atoms with Crippen LogP contribution in [0.1, 0.15) is 48.6 Å². The Morgan fingerprint density at radius 3 is 1.21 bits per heavy atom. The van der Waals surface area contributed by atoms with Crippen LogP contribution in [0.15, 0.2) is 122 Å². The minimum atomic E-state index is 0.447. The number of aromatic nitrogens is 4. The molecule has 4 N–H and O–H groups in total. The molecule has 0 unspecified atom stereocenters. The standard InChI is InChI=1S/2C20H21N3O/c2*24-23-20(19(14-22-23)16-9-11-21-12-10-16)18-8-4-7-17(13-18)15-5-2-1-3-6-15/h2*1-8,13-14,16,21,24H,9-12H2. The number of nitrogens with one attached hydrogen (secondary N) is 2. The van der Waals surface area contributed by atoms with Gasteiger partial charge in [-0.25, -0.2) is 0 Å². The van der Waals surface area contributed by atoms with Gasteiger partial charge in [0, 0.05) is 22.3 Å². The molecule has 0 spiro atoms. The van der Waals surface area contributed by atoms with Gasteiger partial charge in [-0.15, -0.1) is 19.9 Å². The van der Waals surface area contributed by atoms with E-state index in [2.05, 4.69) is 69.4 Å². The van der Waals surface area contributed by atoms with Crippen LogP contribution in [0.3, 0.4) is 0 Å². The maximum Gasteiger partial charge on any atom is 0.113 e. The van der Waals surface area contributed by atoms with E-state index in [1.54, 1.807) is 0 Å². The summed E-state index contributed by atoms with van der Waals surface area (Å²) in [5, 5.41) is 35.6. The smallest absolute Gasteiger partial charge is 0.113 e. The molecule has 0 saturated carbocycles. The van der Waals surface area contributed by atoms with Crippen molar-refractivity contribution in [3.63, 3.8) is 0 Å². The third-order valence-corrected chi connectivity index (χ3v) is 9.60. The highest BCUT2D eigenvalue weighted by Gasteiger charge is 2.24. The lowest BCUT2D eigenvalue weighted by Gasteiger charge is -2.22. The molecule has 8 nitrogen and oxygen atoms in total. The van der Waals surface area contributed by atoms with E-state index in [4.69, 9.17) is 0 Å². The van der Waals surface area contributed by atoms with Gasteiger partial charge in [0.1, 0.15) is 11.4 Å². The van der Waals surface area contributed by atoms with Crippen molar-refractivity contribution >= 4 is 0 Å². The summed E-state index contributed by atoms with van der Waals surface area (Å²) >= 11 is 0. The Bertz CT molecular complexity index is 1780. The predicted molar refractivity (Wildman–Crippen MR) is 190 cm³/mol. The van der Waals surface area contributed by atoms with E-state index in [-0.39, 0.29) is 0 Å². The van der Waals surface area contributed by atoms with Crippen LogP contribution in [0.2, 0.25) is 0 Å². The second kappa shape index (κ2) is 14.7. The van der Waals surface area contributed by atoms with Crippen LogP contribution in [-0.4, -0.2) is 56.5 Å². The molecule has 2 saturated heterocycles. The Morgan fingerprint density at radius 1 is 0.458 bits per heavy atom. The molecule has 4 aromatic carbocycles. The summed E-state index contributed by atoms with van der Waals surface area (Å²) in [6.45, 7) is 4.07. The molecule has 2 aliphatic heterocycles. The number of nitrogens with zero attached hydrogens (tertiary/aromatic N) is 4. The molecule has 0 amide bonds. The quantitative estimate of drug-likeness (QED) is 0.139. The summed E-state index contributed by atoms with van der Waals surface area (Å²) in [6, 6.07) is 37.2. The van der Waals surface area contributed by atoms with Crippen molar-refractivity contribution in [3.8, 4) is 44.8 Å². The average molecular weight is 639 g/mol. The Kier molecular flexibility index (Phi) is 9.63. The van der Waals surface area contributed by atoms with Crippen molar-refractivity contribution in [1.82, 2.24) is 30.5 Å². The fraction of sp³-hybridized carbons (Fsp3) is 0.250. The molecule has 8 rings (SSSR count). The molecule has 8 heteroatoms. The van der Waals surface area contributed by atoms with E-state index in [0.29, 0.717) is 11.8 Å². The monoisotopic (exact) mass is 638 g/mol. The van der Waals surface area contributed by atoms with Gasteiger partial charge < -0.3 is 21.0 Å². The Labute approximate surface area is 281 Å². The highest BCUT2D eigenvalue weighted by atomic mass is 16.5. The van der Waals surface area contributed by atoms with Crippen molar-refractivity contribution in [3.05, 3.63) is 133 Å². The summed E-state index contributed by atoms with van der Waals surface area (Å²) in [5.74, 6) is 0.894. The van der Waals surface area contributed by atoms with Crippen LogP contribution in [0.5, 0.6) is 0 Å². The molecule has 2 aromatic heterocycles. The number of hydrogen-bond donors (Lipinski definition) is 4. The zero-order valence-corrected chi connectivity index (χ0v) is 27.0. The second-order valence-corrected chi connectivity index (χ2v) is 12.6. The fourth-order valence-electron chi connectivity index (χ4n) is 7.08. The van der Waals surface area contributed by atoms with Crippen LogP contribution >= 0.6 is 0 Å². The van der Waals surface area contributed by atoms with E-state index in [9.17, 15) is 10.4 Å². The lowest BCUT2D eigenvalue weighted by Crippen LogP contribution is -2.26. The largest absolute Gasteiger partial charge is 0.411 e. The Balaban J connectivity index is 0.000000152. The average Bonchev–Trinajstić information content (AvgIpc) is 3.75. The second-order valence-electron chi connectivity index (χ2n) is 12.6. The molecular formula is C40H42N6O2. The van der Waals surface area contributed by atoms with E-state index in [1.807, 2.05) is 73.1 Å². The topological polar surface area (TPSA) is 100 Å². The molecule has 2 fully saturated rings. The van der Waals surface area contributed by atoms with E-state index >= 15 is 0 Å². The van der Waals surface area contributed by atoms with Crippen molar-refractivity contribution in [2.75, 3.05) is 26.2 Å². The predicted octanol–water partition coefficient (Wildman–Crippen LogP) is 7.84. The lowest BCUT2D eigenvalue weighted by molar-refractivity contribution is 0.153. The van der Waals surface area contributed by atoms with Gasteiger partial charge in [0.05, 0.1) is 12.4 Å². The zero-order chi connectivity index (χ0) is 32.7. The number of hydrogen-bond acceptors (Lipinski definition) is 6. The number of benzene rings is 4. The van der Waals surface area contributed by atoms with Gasteiger partial charge in [-0.2, -0.15) is 0 Å². The first-order chi connectivity index (χ1) is 23.7. The first-order valence-electron chi connectivity index (χ1n) is 16.9. The van der Waals surface area contributed by atoms with Crippen LogP contribution in [-0.2, 0) is 0 Å². The van der Waals surface area contributed by atoms with Crippen LogP contribution in [0.4, 0.5) is 0 Å². The number of rotatable bonds is 6. The van der Waals surface area contributed by atoms with Crippen molar-refractivity contribution < 1.29 is 10.4 Å². The molecule has 4 heterocycles. The summed E-state index contributed by atoms with van der Waals surface area (Å²) in [6.07, 6.45) is 7.96. The van der Waals surface area contributed by atoms with E-state index in [0.717, 1.165) is 106 Å². The van der Waals surface area contributed by atoms with Crippen molar-refractivity contribution in [1.29, 1.82) is 0 Å². The van der Waals surface area contributed by atoms with Gasteiger partial charge >= 0.3 is 0 Å². The Morgan fingerprint density at radius 2 is 0.812 bits per heavy atom. The molecule has 2 aliphatic rings. The van der Waals surface area contributed by atoms with Gasteiger partial charge in [0.2, 0.25) is 0 Å². The third-order valence-electron chi connectivity index (χ3n) is 9.60. The molecule has 6 aromatic rings. The maximum atomic E-state index is 10.3. The highest BCUT2D eigenvalue weighted by Crippen LogP contribution is 2.36. The molecule has 0 aliphatic carbocycles. The summed E-state index contributed by atoms with van der Waals surface area (Å²) in [7, 11) is 0. The SMILES string of the molecule is On1ncc(C2CCNCC2)c1-c1cccc(-c2ccccc2)c1.On1ncc(C2CCNCC2)c1-c1cccc(-c2ccccc2)c1. The lowest BCUT2D eigenvalue weighted by atomic mass is 9.88. The van der Waals surface area contributed by atoms with Gasteiger partial charge in [0.15, 0.2) is 0 Å². The molecule has 0 atom stereocenters. The maximum absolute atomic E-state index is 10.3. The Hall–Kier alpha value is -5.18. The normalized spacial score (nSPS) is 15.5. The molecular weight excluding hydrogens is 596 g/mol. The molecule has 48 heavy (non-hydrogen) atoms. The third kappa shape index (κ3) is 6.90. The highest BCUT2D eigenvalue weighted by molar-refractivity contribution is 5.74. The minimum absolute atomic E-state index is 0.447.